The Morgan fingerprint density at radius 1 is 1.31 bits per heavy atom. The van der Waals surface area contributed by atoms with E-state index in [-0.39, 0.29) is 18.3 Å². The molecular weight excluding hydrogens is 420 g/mol. The van der Waals surface area contributed by atoms with Gasteiger partial charge in [-0.3, -0.25) is 14.9 Å². The second kappa shape index (κ2) is 10.1. The van der Waals surface area contributed by atoms with Crippen LogP contribution in [0.2, 0.25) is 0 Å². The van der Waals surface area contributed by atoms with Crippen LogP contribution in [0.5, 0.6) is 5.75 Å². The van der Waals surface area contributed by atoms with Crippen LogP contribution in [0.4, 0.5) is 5.13 Å². The van der Waals surface area contributed by atoms with Crippen LogP contribution >= 0.6 is 27.3 Å². The van der Waals surface area contributed by atoms with Gasteiger partial charge in [-0.05, 0) is 38.1 Å². The smallest absolute Gasteiger partial charge is 0.311 e. The normalized spacial score (nSPS) is 10.7. The maximum Gasteiger partial charge on any atom is 0.311 e. The summed E-state index contributed by atoms with van der Waals surface area (Å²) in [6.45, 7) is 4.52. The first-order valence-electron chi connectivity index (χ1n) is 8.03. The van der Waals surface area contributed by atoms with E-state index >= 15 is 0 Å². The van der Waals surface area contributed by atoms with Crippen LogP contribution in [0.3, 0.4) is 0 Å². The molecule has 0 spiro atoms. The number of aromatic nitrogens is 1. The zero-order chi connectivity index (χ0) is 18.9. The molecular formula is C18H19BrN2O4S. The number of carbonyl (C=O) groups is 2. The number of hydrogen-bond acceptors (Lipinski definition) is 6. The molecule has 0 saturated carbocycles. The van der Waals surface area contributed by atoms with Crippen LogP contribution in [0.25, 0.3) is 6.08 Å². The minimum atomic E-state index is -0.339. The summed E-state index contributed by atoms with van der Waals surface area (Å²) in [4.78, 5) is 27.8. The third-order valence-corrected chi connectivity index (χ3v) is 4.40. The summed E-state index contributed by atoms with van der Waals surface area (Å²) >= 11 is 4.66. The number of benzene rings is 1. The molecule has 1 aromatic carbocycles. The molecule has 0 unspecified atom stereocenters. The van der Waals surface area contributed by atoms with Gasteiger partial charge in [0.15, 0.2) is 5.13 Å². The van der Waals surface area contributed by atoms with Gasteiger partial charge in [0.1, 0.15) is 5.75 Å². The van der Waals surface area contributed by atoms with Crippen molar-refractivity contribution in [2.24, 2.45) is 0 Å². The highest BCUT2D eigenvalue weighted by atomic mass is 79.9. The molecule has 2 aromatic rings. The van der Waals surface area contributed by atoms with E-state index in [1.807, 2.05) is 25.1 Å². The predicted molar refractivity (Wildman–Crippen MR) is 105 cm³/mol. The summed E-state index contributed by atoms with van der Waals surface area (Å²) in [5.74, 6) is 0.0452. The summed E-state index contributed by atoms with van der Waals surface area (Å²) in [5.41, 5.74) is 1.36. The largest absolute Gasteiger partial charge is 0.493 e. The molecule has 1 aromatic heterocycles. The third-order valence-electron chi connectivity index (χ3n) is 3.10. The number of nitrogens with one attached hydrogen (secondary N) is 1. The standard InChI is InChI=1S/C18H19BrN2O4S/c1-3-24-15-7-6-13(19)9-12(15)5-8-16(22)21-18-20-14(11-26-18)10-17(23)25-4-2/h5-9,11H,3-4,10H2,1-2H3,(H,20,21,22)/b8-5+. The fraction of sp³-hybridized carbons (Fsp3) is 0.278. The Morgan fingerprint density at radius 2 is 2.12 bits per heavy atom. The number of rotatable bonds is 8. The fourth-order valence-electron chi connectivity index (χ4n) is 2.05. The van der Waals surface area contributed by atoms with Gasteiger partial charge in [-0.2, -0.15) is 0 Å². The number of amides is 1. The molecule has 0 bridgehead atoms. The van der Waals surface area contributed by atoms with Crippen molar-refractivity contribution in [2.75, 3.05) is 18.5 Å². The molecule has 1 N–H and O–H groups in total. The van der Waals surface area contributed by atoms with E-state index in [4.69, 9.17) is 9.47 Å². The number of anilines is 1. The van der Waals surface area contributed by atoms with Gasteiger partial charge in [-0.15, -0.1) is 11.3 Å². The van der Waals surface area contributed by atoms with Gasteiger partial charge in [0, 0.05) is 21.5 Å². The van der Waals surface area contributed by atoms with Crippen molar-refractivity contribution in [1.82, 2.24) is 4.98 Å². The van der Waals surface area contributed by atoms with Gasteiger partial charge in [-0.1, -0.05) is 15.9 Å². The lowest BCUT2D eigenvalue weighted by atomic mass is 10.2. The molecule has 0 aliphatic carbocycles. The summed E-state index contributed by atoms with van der Waals surface area (Å²) in [5, 5.41) is 4.83. The Balaban J connectivity index is 1.99. The maximum absolute atomic E-state index is 12.1. The first-order valence-corrected chi connectivity index (χ1v) is 9.70. The summed E-state index contributed by atoms with van der Waals surface area (Å²) in [7, 11) is 0. The predicted octanol–water partition coefficient (Wildman–Crippen LogP) is 4.06. The monoisotopic (exact) mass is 438 g/mol. The lowest BCUT2D eigenvalue weighted by Gasteiger charge is -2.07. The van der Waals surface area contributed by atoms with Gasteiger partial charge >= 0.3 is 5.97 Å². The Kier molecular flexibility index (Phi) is 7.80. The van der Waals surface area contributed by atoms with E-state index in [9.17, 15) is 9.59 Å². The van der Waals surface area contributed by atoms with Crippen molar-refractivity contribution in [3.63, 3.8) is 0 Å². The topological polar surface area (TPSA) is 77.5 Å². The Labute approximate surface area is 164 Å². The number of halogens is 1. The van der Waals surface area contributed by atoms with E-state index in [0.29, 0.717) is 29.8 Å². The summed E-state index contributed by atoms with van der Waals surface area (Å²) in [6.07, 6.45) is 3.18. The summed E-state index contributed by atoms with van der Waals surface area (Å²) in [6, 6.07) is 5.59. The maximum atomic E-state index is 12.1. The summed E-state index contributed by atoms with van der Waals surface area (Å²) < 4.78 is 11.3. The average molecular weight is 439 g/mol. The van der Waals surface area contributed by atoms with Crippen LogP contribution in [-0.4, -0.2) is 30.1 Å². The van der Waals surface area contributed by atoms with Crippen molar-refractivity contribution in [2.45, 2.75) is 20.3 Å². The number of ether oxygens (including phenoxy) is 2. The second-order valence-electron chi connectivity index (χ2n) is 5.06. The highest BCUT2D eigenvalue weighted by molar-refractivity contribution is 9.10. The zero-order valence-corrected chi connectivity index (χ0v) is 16.9. The third kappa shape index (κ3) is 6.27. The second-order valence-corrected chi connectivity index (χ2v) is 6.84. The van der Waals surface area contributed by atoms with E-state index in [1.54, 1.807) is 18.4 Å². The number of carbonyl (C=O) groups excluding carboxylic acids is 2. The van der Waals surface area contributed by atoms with E-state index < -0.39 is 0 Å². The van der Waals surface area contributed by atoms with E-state index in [1.165, 1.54) is 17.4 Å². The molecule has 6 nitrogen and oxygen atoms in total. The molecule has 0 radical (unpaired) electrons. The highest BCUT2D eigenvalue weighted by Gasteiger charge is 2.09. The SMILES string of the molecule is CCOC(=O)Cc1csc(NC(=O)/C=C/c2cc(Br)ccc2OCC)n1. The minimum Gasteiger partial charge on any atom is -0.493 e. The van der Waals surface area contributed by atoms with Crippen LogP contribution in [-0.2, 0) is 20.7 Å². The van der Waals surface area contributed by atoms with Gasteiger partial charge in [0.2, 0.25) is 5.91 Å². The lowest BCUT2D eigenvalue weighted by Crippen LogP contribution is -2.09. The van der Waals surface area contributed by atoms with Gasteiger partial charge in [-0.25, -0.2) is 4.98 Å². The molecule has 0 aliphatic rings. The first kappa shape index (κ1) is 20.1. The van der Waals surface area contributed by atoms with Crippen molar-refractivity contribution in [3.05, 3.63) is 45.4 Å². The number of thiazole rings is 1. The van der Waals surface area contributed by atoms with E-state index in [0.717, 1.165) is 10.0 Å². The first-order chi connectivity index (χ1) is 12.5. The Morgan fingerprint density at radius 3 is 2.85 bits per heavy atom. The highest BCUT2D eigenvalue weighted by Crippen LogP contribution is 2.24. The molecule has 0 aliphatic heterocycles. The molecule has 0 fully saturated rings. The molecule has 26 heavy (non-hydrogen) atoms. The number of esters is 1. The Hall–Kier alpha value is -2.19. The lowest BCUT2D eigenvalue weighted by molar-refractivity contribution is -0.142. The average Bonchev–Trinajstić information content (AvgIpc) is 3.02. The van der Waals surface area contributed by atoms with Crippen LogP contribution < -0.4 is 10.1 Å². The number of hydrogen-bond donors (Lipinski definition) is 1. The molecule has 138 valence electrons. The van der Waals surface area contributed by atoms with Crippen LogP contribution in [0.15, 0.2) is 34.1 Å². The molecule has 0 atom stereocenters. The van der Waals surface area contributed by atoms with Crippen molar-refractivity contribution in [1.29, 1.82) is 0 Å². The Bertz CT molecular complexity index is 804. The van der Waals surface area contributed by atoms with E-state index in [2.05, 4.69) is 26.2 Å². The van der Waals surface area contributed by atoms with Gasteiger partial charge in [0.05, 0.1) is 25.3 Å². The number of nitrogens with zero attached hydrogens (tertiary/aromatic N) is 1. The van der Waals surface area contributed by atoms with Crippen LogP contribution in [0, 0.1) is 0 Å². The fourth-order valence-corrected chi connectivity index (χ4v) is 3.15. The molecule has 2 rings (SSSR count). The molecule has 1 amide bonds. The van der Waals surface area contributed by atoms with Crippen molar-refractivity contribution in [3.8, 4) is 5.75 Å². The van der Waals surface area contributed by atoms with Gasteiger partial charge in [0.25, 0.3) is 0 Å². The molecule has 0 saturated heterocycles. The van der Waals surface area contributed by atoms with Gasteiger partial charge < -0.3 is 9.47 Å². The van der Waals surface area contributed by atoms with Crippen molar-refractivity contribution >= 4 is 50.4 Å². The molecule has 8 heteroatoms. The zero-order valence-electron chi connectivity index (χ0n) is 14.5. The molecule has 1 heterocycles. The van der Waals surface area contributed by atoms with Crippen LogP contribution in [0.1, 0.15) is 25.1 Å². The quantitative estimate of drug-likeness (QED) is 0.496. The van der Waals surface area contributed by atoms with Crippen molar-refractivity contribution < 1.29 is 19.1 Å². The minimum absolute atomic E-state index is 0.0891.